The fourth-order valence-electron chi connectivity index (χ4n) is 13.9. The van der Waals surface area contributed by atoms with Crippen LogP contribution in [0.15, 0.2) is 11.6 Å². The van der Waals surface area contributed by atoms with Crippen LogP contribution in [0, 0.1) is 46.3 Å². The van der Waals surface area contributed by atoms with Crippen molar-refractivity contribution in [2.75, 3.05) is 26.4 Å². The summed E-state index contributed by atoms with van der Waals surface area (Å²) in [7, 11) is 0. The van der Waals surface area contributed by atoms with Gasteiger partial charge in [-0.15, -0.1) is 0 Å². The van der Waals surface area contributed by atoms with E-state index < -0.39 is 129 Å². The molecule has 18 nitrogen and oxygen atoms in total. The maximum atomic E-state index is 11.6. The molecule has 1 spiro atoms. The normalized spacial score (nSPS) is 57.6. The van der Waals surface area contributed by atoms with E-state index >= 15 is 0 Å². The van der Waals surface area contributed by atoms with E-state index in [2.05, 4.69) is 33.8 Å². The van der Waals surface area contributed by atoms with Gasteiger partial charge >= 0.3 is 0 Å². The molecule has 0 aromatic heterocycles. The van der Waals surface area contributed by atoms with E-state index in [0.717, 1.165) is 44.1 Å². The monoisotopic (exact) mass is 886 g/mol. The highest BCUT2D eigenvalue weighted by Gasteiger charge is 2.69. The maximum Gasteiger partial charge on any atom is 0.187 e. The molecule has 7 unspecified atom stereocenters. The van der Waals surface area contributed by atoms with Gasteiger partial charge in [0.1, 0.15) is 67.1 Å². The summed E-state index contributed by atoms with van der Waals surface area (Å²) in [5.74, 6) is 1.46. The lowest BCUT2D eigenvalue weighted by atomic mass is 9.46. The van der Waals surface area contributed by atoms with Crippen molar-refractivity contribution in [2.24, 2.45) is 46.3 Å². The van der Waals surface area contributed by atoms with Crippen molar-refractivity contribution in [3.05, 3.63) is 11.6 Å². The zero-order valence-corrected chi connectivity index (χ0v) is 36.1. The minimum Gasteiger partial charge on any atom is -0.394 e. The van der Waals surface area contributed by atoms with Gasteiger partial charge in [-0.2, -0.15) is 0 Å². The predicted octanol–water partition coefficient (Wildman–Crippen LogP) is -1.20. The topological polar surface area (TPSA) is 276 Å². The van der Waals surface area contributed by atoms with E-state index in [4.69, 9.17) is 37.9 Å². The Hall–Kier alpha value is -0.980. The second-order valence-corrected chi connectivity index (χ2v) is 20.7. The standard InChI is InChI=1S/C44H70O18/c1-18-7-10-44(56-16-18)19(2)30-26(62-44)13-24-22-6-5-20-11-21(47)12-29(43(20,4)23(22)8-9-42(24,30)3)59-41-38(34(52)32(50)27(14-45)58-41)61-40-36(54)37(33(51)28(15-46)57-40)60-39-35(53)31(49)25(48)17-55-39/h5,18-19,21-41,45-54H,6-17H2,1-4H3/t18-,19?,21+,22?,23?,24?,25+,26?,27+,28+,29+,30?,31-,32+,33+,34-,35+,36+,37-,38+,39+,40-,41-,42-,43-,44?/m0/s1. The smallest absolute Gasteiger partial charge is 0.187 e. The number of rotatable bonds is 8. The van der Waals surface area contributed by atoms with Crippen LogP contribution < -0.4 is 0 Å². The minimum absolute atomic E-state index is 0.0398. The van der Waals surface area contributed by atoms with Crippen molar-refractivity contribution in [3.8, 4) is 0 Å². The molecule has 354 valence electrons. The van der Waals surface area contributed by atoms with Crippen molar-refractivity contribution >= 4 is 0 Å². The highest BCUT2D eigenvalue weighted by Crippen LogP contribution is 2.71. The molecule has 62 heavy (non-hydrogen) atoms. The number of aliphatic hydroxyl groups is 10. The van der Waals surface area contributed by atoms with Gasteiger partial charge in [0.25, 0.3) is 0 Å². The zero-order chi connectivity index (χ0) is 44.2. The molecular formula is C44H70O18. The van der Waals surface area contributed by atoms with Crippen molar-refractivity contribution in [2.45, 2.75) is 189 Å². The largest absolute Gasteiger partial charge is 0.394 e. The molecule has 8 fully saturated rings. The summed E-state index contributed by atoms with van der Waals surface area (Å²) in [5.41, 5.74) is 0.532. The highest BCUT2D eigenvalue weighted by atomic mass is 16.8. The van der Waals surface area contributed by atoms with Gasteiger partial charge in [0.05, 0.1) is 44.7 Å². The molecular weight excluding hydrogens is 816 g/mol. The van der Waals surface area contributed by atoms with Crippen LogP contribution >= 0.6 is 0 Å². The first-order chi connectivity index (χ1) is 29.4. The number of ether oxygens (including phenoxy) is 8. The van der Waals surface area contributed by atoms with Gasteiger partial charge in [-0.05, 0) is 73.5 Å². The summed E-state index contributed by atoms with van der Waals surface area (Å²) in [5, 5.41) is 108. The van der Waals surface area contributed by atoms with Crippen LogP contribution in [0.4, 0.5) is 0 Å². The summed E-state index contributed by atoms with van der Waals surface area (Å²) in [6.45, 7) is 8.03. The highest BCUT2D eigenvalue weighted by molar-refractivity contribution is 5.29. The first-order valence-corrected chi connectivity index (χ1v) is 23.0. The Bertz CT molecular complexity index is 1610. The van der Waals surface area contributed by atoms with Crippen LogP contribution in [0.3, 0.4) is 0 Å². The van der Waals surface area contributed by atoms with Gasteiger partial charge in [-0.1, -0.05) is 39.3 Å². The summed E-state index contributed by atoms with van der Waals surface area (Å²) in [6, 6.07) is 0. The third-order valence-corrected chi connectivity index (χ3v) is 17.4. The first kappa shape index (κ1) is 46.1. The quantitative estimate of drug-likeness (QED) is 0.128. The lowest BCUT2D eigenvalue weighted by molar-refractivity contribution is -0.387. The third-order valence-electron chi connectivity index (χ3n) is 17.4. The molecule has 0 aromatic carbocycles. The second-order valence-electron chi connectivity index (χ2n) is 20.7. The van der Waals surface area contributed by atoms with Crippen LogP contribution in [-0.4, -0.2) is 188 Å². The van der Waals surface area contributed by atoms with Crippen LogP contribution in [-0.2, 0) is 37.9 Å². The van der Waals surface area contributed by atoms with Crippen molar-refractivity contribution < 1.29 is 89.0 Å². The second kappa shape index (κ2) is 17.3. The summed E-state index contributed by atoms with van der Waals surface area (Å²) in [4.78, 5) is 0. The summed E-state index contributed by atoms with van der Waals surface area (Å²) < 4.78 is 49.6. The van der Waals surface area contributed by atoms with Crippen LogP contribution in [0.25, 0.3) is 0 Å². The van der Waals surface area contributed by atoms with Gasteiger partial charge in [-0.25, -0.2) is 0 Å². The number of allylic oxidation sites excluding steroid dienone is 1. The minimum atomic E-state index is -1.88. The average Bonchev–Trinajstić information content (AvgIpc) is 3.69. The van der Waals surface area contributed by atoms with E-state index in [1.54, 1.807) is 0 Å². The molecule has 5 aliphatic heterocycles. The first-order valence-electron chi connectivity index (χ1n) is 23.0. The Balaban J connectivity index is 0.963. The fraction of sp³-hybridized carbons (Fsp3) is 0.955. The van der Waals surface area contributed by atoms with Crippen molar-refractivity contribution in [3.63, 3.8) is 0 Å². The van der Waals surface area contributed by atoms with Gasteiger partial charge in [-0.3, -0.25) is 0 Å². The molecule has 0 amide bonds. The molecule has 5 heterocycles. The SMILES string of the molecule is CC1C2C(CC3C4CC=C5C[C@@H](O)C[C@@H](O[C@@H]6O[C@H](CO)[C@@H](O)[C@H](O)[C@H]6O[C@@H]6O[C@H](CO)[C@@H](O)[C@H](O[C@H]7OC[C@@H](O)[C@H](O)[C@H]7O)[C@H]6O)[C@]5(C)C4CC[C@@]32C)OC12CC[C@H](C)CO2. The molecule has 18 heteroatoms. The van der Waals surface area contributed by atoms with E-state index in [-0.39, 0.29) is 29.8 Å². The Morgan fingerprint density at radius 2 is 1.42 bits per heavy atom. The van der Waals surface area contributed by atoms with E-state index in [1.807, 2.05) is 0 Å². The van der Waals surface area contributed by atoms with E-state index in [9.17, 15) is 51.1 Å². The maximum absolute atomic E-state index is 11.6. The van der Waals surface area contributed by atoms with Crippen LogP contribution in [0.5, 0.6) is 0 Å². The molecule has 5 saturated heterocycles. The van der Waals surface area contributed by atoms with Crippen molar-refractivity contribution in [1.82, 2.24) is 0 Å². The van der Waals surface area contributed by atoms with Crippen LogP contribution in [0.2, 0.25) is 0 Å². The molecule has 9 rings (SSSR count). The average molecular weight is 887 g/mol. The molecule has 0 aromatic rings. The van der Waals surface area contributed by atoms with Gasteiger partial charge in [0.2, 0.25) is 0 Å². The Labute approximate surface area is 362 Å². The molecule has 10 N–H and O–H groups in total. The molecule has 9 aliphatic rings. The number of hydrogen-bond donors (Lipinski definition) is 10. The summed E-state index contributed by atoms with van der Waals surface area (Å²) in [6.07, 6.45) is -15.4. The zero-order valence-electron chi connectivity index (χ0n) is 36.1. The number of fused-ring (bicyclic) bond motifs is 7. The Morgan fingerprint density at radius 1 is 0.710 bits per heavy atom. The molecule has 3 saturated carbocycles. The number of hydrogen-bond acceptors (Lipinski definition) is 18. The Morgan fingerprint density at radius 3 is 2.13 bits per heavy atom. The molecule has 0 bridgehead atoms. The predicted molar refractivity (Wildman–Crippen MR) is 211 cm³/mol. The third kappa shape index (κ3) is 7.39. The molecule has 26 atom stereocenters. The van der Waals surface area contributed by atoms with E-state index in [1.165, 1.54) is 0 Å². The Kier molecular flexibility index (Phi) is 12.9. The summed E-state index contributed by atoms with van der Waals surface area (Å²) >= 11 is 0. The molecule has 0 radical (unpaired) electrons. The van der Waals surface area contributed by atoms with Gasteiger partial charge in [0, 0.05) is 24.2 Å². The van der Waals surface area contributed by atoms with Gasteiger partial charge in [0.15, 0.2) is 24.7 Å². The van der Waals surface area contributed by atoms with Crippen LogP contribution in [0.1, 0.15) is 79.1 Å². The lowest BCUT2D eigenvalue weighted by Crippen LogP contribution is -2.67. The number of aliphatic hydroxyl groups excluding tert-OH is 10. The molecule has 4 aliphatic carbocycles. The van der Waals surface area contributed by atoms with Crippen molar-refractivity contribution in [1.29, 1.82) is 0 Å². The van der Waals surface area contributed by atoms with E-state index in [0.29, 0.717) is 36.7 Å². The van der Waals surface area contributed by atoms with Gasteiger partial charge < -0.3 is 89.0 Å². The fourth-order valence-corrected chi connectivity index (χ4v) is 13.9. The lowest BCUT2D eigenvalue weighted by Gasteiger charge is -2.60.